The summed E-state index contributed by atoms with van der Waals surface area (Å²) in [6, 6.07) is 6.97. The first kappa shape index (κ1) is 14.0. The van der Waals surface area contributed by atoms with Crippen molar-refractivity contribution in [1.82, 2.24) is 5.32 Å². The number of alkyl carbamates (subject to hydrolysis) is 1. The van der Waals surface area contributed by atoms with Gasteiger partial charge in [-0.3, -0.25) is 0 Å². The van der Waals surface area contributed by atoms with Crippen LogP contribution in [-0.4, -0.2) is 11.7 Å². The highest BCUT2D eigenvalue weighted by Crippen LogP contribution is 2.18. The van der Waals surface area contributed by atoms with Crippen LogP contribution in [0.2, 0.25) is 0 Å². The molecule has 0 heterocycles. The summed E-state index contributed by atoms with van der Waals surface area (Å²) in [5.41, 5.74) is 1.02. The van der Waals surface area contributed by atoms with Crippen LogP contribution in [0.5, 0.6) is 0 Å². The van der Waals surface area contributed by atoms with Crippen LogP contribution in [0, 0.1) is 6.57 Å². The second kappa shape index (κ2) is 5.54. The summed E-state index contributed by atoms with van der Waals surface area (Å²) in [6.45, 7) is 14.2. The molecule has 1 amide bonds. The average molecular weight is 246 g/mol. The number of nitrogens with zero attached hydrogens (tertiary/aromatic N) is 1. The van der Waals surface area contributed by atoms with Gasteiger partial charge in [-0.15, -0.1) is 0 Å². The van der Waals surface area contributed by atoms with Gasteiger partial charge in [0, 0.05) is 0 Å². The average Bonchev–Trinajstić information content (AvgIpc) is 2.26. The number of carbonyl (C=O) groups excluding carboxylic acids is 1. The third-order valence-electron chi connectivity index (χ3n) is 2.26. The van der Waals surface area contributed by atoms with E-state index in [4.69, 9.17) is 11.3 Å². The second-order valence-corrected chi connectivity index (χ2v) is 5.07. The van der Waals surface area contributed by atoms with Crippen LogP contribution >= 0.6 is 0 Å². The predicted octanol–water partition coefficient (Wildman–Crippen LogP) is 3.82. The fourth-order valence-corrected chi connectivity index (χ4v) is 1.41. The highest BCUT2D eigenvalue weighted by molar-refractivity contribution is 5.68. The zero-order valence-electron chi connectivity index (χ0n) is 11.2. The van der Waals surface area contributed by atoms with Gasteiger partial charge in [-0.05, 0) is 33.3 Å². The molecule has 0 bridgehead atoms. The molecule has 0 saturated carbocycles. The number of ether oxygens (including phenoxy) is 1. The molecule has 0 saturated heterocycles. The van der Waals surface area contributed by atoms with Crippen molar-refractivity contribution < 1.29 is 9.53 Å². The molecule has 1 atom stereocenters. The lowest BCUT2D eigenvalue weighted by atomic mass is 10.1. The molecule has 4 nitrogen and oxygen atoms in total. The molecule has 0 aliphatic carbocycles. The molecule has 96 valence electrons. The van der Waals surface area contributed by atoms with Crippen LogP contribution in [-0.2, 0) is 4.74 Å². The summed E-state index contributed by atoms with van der Waals surface area (Å²) in [5, 5.41) is 2.75. The highest BCUT2D eigenvalue weighted by atomic mass is 16.6. The lowest BCUT2D eigenvalue weighted by molar-refractivity contribution is 0.0508. The van der Waals surface area contributed by atoms with E-state index in [1.54, 1.807) is 12.1 Å². The van der Waals surface area contributed by atoms with Crippen molar-refractivity contribution in [2.45, 2.75) is 39.3 Å². The summed E-state index contributed by atoms with van der Waals surface area (Å²) in [5.74, 6) is 0. The molecule has 0 spiro atoms. The molecule has 0 aromatic heterocycles. The van der Waals surface area contributed by atoms with E-state index < -0.39 is 11.7 Å². The Morgan fingerprint density at radius 1 is 1.33 bits per heavy atom. The number of amides is 1. The molecule has 0 aliphatic heterocycles. The first-order valence-electron chi connectivity index (χ1n) is 5.79. The molecule has 1 rings (SSSR count). The summed E-state index contributed by atoms with van der Waals surface area (Å²) < 4.78 is 5.18. The van der Waals surface area contributed by atoms with E-state index in [0.717, 1.165) is 5.56 Å². The Balaban J connectivity index is 2.62. The van der Waals surface area contributed by atoms with Crippen molar-refractivity contribution in [3.63, 3.8) is 0 Å². The monoisotopic (exact) mass is 246 g/mol. The number of hydrogen-bond acceptors (Lipinski definition) is 2. The van der Waals surface area contributed by atoms with E-state index in [1.165, 1.54) is 0 Å². The molecule has 0 radical (unpaired) electrons. The maximum Gasteiger partial charge on any atom is 0.408 e. The molecule has 0 fully saturated rings. The molecular weight excluding hydrogens is 228 g/mol. The number of hydrogen-bond donors (Lipinski definition) is 1. The van der Waals surface area contributed by atoms with E-state index >= 15 is 0 Å². The summed E-state index contributed by atoms with van der Waals surface area (Å²) in [6.07, 6.45) is -0.441. The Morgan fingerprint density at radius 2 is 1.89 bits per heavy atom. The molecule has 0 unspecified atom stereocenters. The molecular formula is C14H18N2O2. The lowest BCUT2D eigenvalue weighted by Gasteiger charge is -2.22. The van der Waals surface area contributed by atoms with E-state index in [9.17, 15) is 4.79 Å². The van der Waals surface area contributed by atoms with Crippen LogP contribution in [0.15, 0.2) is 24.3 Å². The second-order valence-electron chi connectivity index (χ2n) is 5.07. The molecule has 1 N–H and O–H groups in total. The third kappa shape index (κ3) is 4.46. The molecule has 18 heavy (non-hydrogen) atoms. The lowest BCUT2D eigenvalue weighted by Crippen LogP contribution is -2.33. The van der Waals surface area contributed by atoms with Gasteiger partial charge >= 0.3 is 6.09 Å². The maximum absolute atomic E-state index is 11.6. The summed E-state index contributed by atoms with van der Waals surface area (Å²) in [7, 11) is 0. The van der Waals surface area contributed by atoms with Gasteiger partial charge in [-0.1, -0.05) is 24.3 Å². The molecule has 1 aromatic carbocycles. The van der Waals surface area contributed by atoms with Crippen molar-refractivity contribution in [1.29, 1.82) is 0 Å². The smallest absolute Gasteiger partial charge is 0.408 e. The summed E-state index contributed by atoms with van der Waals surface area (Å²) in [4.78, 5) is 14.9. The zero-order valence-corrected chi connectivity index (χ0v) is 11.2. The van der Waals surface area contributed by atoms with Gasteiger partial charge in [0.1, 0.15) is 5.60 Å². The van der Waals surface area contributed by atoms with E-state index in [0.29, 0.717) is 5.69 Å². The number of nitrogens with one attached hydrogen (secondary N) is 1. The van der Waals surface area contributed by atoms with Gasteiger partial charge in [0.15, 0.2) is 5.69 Å². The highest BCUT2D eigenvalue weighted by Gasteiger charge is 2.18. The third-order valence-corrected chi connectivity index (χ3v) is 2.26. The first-order chi connectivity index (χ1) is 8.31. The Hall–Kier alpha value is -2.02. The van der Waals surface area contributed by atoms with E-state index in [1.807, 2.05) is 39.8 Å². The number of benzene rings is 1. The Bertz CT molecular complexity index is 452. The topological polar surface area (TPSA) is 42.7 Å². The van der Waals surface area contributed by atoms with Gasteiger partial charge in [0.25, 0.3) is 0 Å². The van der Waals surface area contributed by atoms with Crippen LogP contribution in [0.4, 0.5) is 10.5 Å². The minimum Gasteiger partial charge on any atom is -0.444 e. The van der Waals surface area contributed by atoms with Crippen LogP contribution in [0.3, 0.4) is 0 Å². The predicted molar refractivity (Wildman–Crippen MR) is 70.5 cm³/mol. The fourth-order valence-electron chi connectivity index (χ4n) is 1.41. The van der Waals surface area contributed by atoms with Gasteiger partial charge in [-0.2, -0.15) is 0 Å². The largest absolute Gasteiger partial charge is 0.444 e. The fraction of sp³-hybridized carbons (Fsp3) is 0.429. The first-order valence-corrected chi connectivity index (χ1v) is 5.79. The SMILES string of the molecule is [C-]#[N+]c1ccc([C@H](C)NC(=O)OC(C)(C)C)cc1. The van der Waals surface area contributed by atoms with Crippen LogP contribution in [0.25, 0.3) is 4.85 Å². The molecule has 1 aromatic rings. The van der Waals surface area contributed by atoms with E-state index in [2.05, 4.69) is 10.2 Å². The normalized spacial score (nSPS) is 12.4. The van der Waals surface area contributed by atoms with Crippen molar-refractivity contribution in [2.24, 2.45) is 0 Å². The quantitative estimate of drug-likeness (QED) is 0.806. The Labute approximate surface area is 108 Å². The van der Waals surface area contributed by atoms with Crippen molar-refractivity contribution in [3.05, 3.63) is 41.2 Å². The van der Waals surface area contributed by atoms with Crippen molar-refractivity contribution in [3.8, 4) is 0 Å². The van der Waals surface area contributed by atoms with Gasteiger partial charge in [-0.25, -0.2) is 9.64 Å². The Morgan fingerprint density at radius 3 is 2.33 bits per heavy atom. The standard InChI is InChI=1S/C14H18N2O2/c1-10(16-13(17)18-14(2,3)4)11-6-8-12(15-5)9-7-11/h6-10H,1-4H3,(H,16,17)/t10-/m0/s1. The zero-order chi connectivity index (χ0) is 13.8. The number of rotatable bonds is 2. The molecule has 0 aliphatic rings. The molecule has 4 heteroatoms. The number of carbonyl (C=O) groups is 1. The Kier molecular flexibility index (Phi) is 4.33. The van der Waals surface area contributed by atoms with E-state index in [-0.39, 0.29) is 6.04 Å². The summed E-state index contributed by atoms with van der Waals surface area (Å²) >= 11 is 0. The van der Waals surface area contributed by atoms with Gasteiger partial charge in [0.05, 0.1) is 12.6 Å². The van der Waals surface area contributed by atoms with Crippen LogP contribution < -0.4 is 5.32 Å². The van der Waals surface area contributed by atoms with Crippen molar-refractivity contribution in [2.75, 3.05) is 0 Å². The van der Waals surface area contributed by atoms with Crippen LogP contribution in [0.1, 0.15) is 39.3 Å². The minimum absolute atomic E-state index is 0.153. The van der Waals surface area contributed by atoms with Crippen molar-refractivity contribution >= 4 is 11.8 Å². The maximum atomic E-state index is 11.6. The van der Waals surface area contributed by atoms with Gasteiger partial charge < -0.3 is 10.1 Å². The van der Waals surface area contributed by atoms with Gasteiger partial charge in [0.2, 0.25) is 0 Å². The minimum atomic E-state index is -0.502.